The number of halogens is 2. The van der Waals surface area contributed by atoms with Crippen molar-refractivity contribution >= 4 is 38.9 Å². The molecule has 0 bridgehead atoms. The van der Waals surface area contributed by atoms with E-state index in [1.165, 1.54) is 30.6 Å². The zero-order valence-corrected chi connectivity index (χ0v) is 13.8. The molecule has 0 aliphatic carbocycles. The third kappa shape index (κ3) is 3.30. The number of amides is 1. The van der Waals surface area contributed by atoms with E-state index in [1.807, 2.05) is 12.1 Å². The Morgan fingerprint density at radius 2 is 2.13 bits per heavy atom. The number of ether oxygens (including phenoxy) is 1. The normalized spacial score (nSPS) is 10.7. The first-order valence-electron chi connectivity index (χ1n) is 6.87. The van der Waals surface area contributed by atoms with E-state index in [0.717, 1.165) is 10.3 Å². The maximum atomic E-state index is 13.4. The highest BCUT2D eigenvalue weighted by molar-refractivity contribution is 7.21. The molecule has 1 heterocycles. The fourth-order valence-electron chi connectivity index (χ4n) is 2.31. The molecule has 6 heteroatoms. The van der Waals surface area contributed by atoms with Crippen molar-refractivity contribution in [2.45, 2.75) is 6.54 Å². The van der Waals surface area contributed by atoms with Crippen LogP contribution in [0.4, 0.5) is 4.39 Å². The Labute approximate surface area is 141 Å². The first-order valence-corrected chi connectivity index (χ1v) is 8.06. The number of fused-ring (bicyclic) bond motifs is 1. The smallest absolute Gasteiger partial charge is 0.265 e. The number of carbonyl (C=O) groups is 1. The average molecular weight is 350 g/mol. The molecule has 23 heavy (non-hydrogen) atoms. The number of hydrogen-bond donors (Lipinski definition) is 1. The minimum atomic E-state index is -0.362. The predicted molar refractivity (Wildman–Crippen MR) is 91.0 cm³/mol. The second-order valence-electron chi connectivity index (χ2n) is 4.92. The van der Waals surface area contributed by atoms with E-state index in [4.69, 9.17) is 16.3 Å². The van der Waals surface area contributed by atoms with Crippen LogP contribution in [0.5, 0.6) is 5.75 Å². The molecule has 0 unspecified atom stereocenters. The highest BCUT2D eigenvalue weighted by Gasteiger charge is 2.19. The monoisotopic (exact) mass is 349 g/mol. The summed E-state index contributed by atoms with van der Waals surface area (Å²) in [6, 6.07) is 11.7. The predicted octanol–water partition coefficient (Wildman–Crippen LogP) is 4.63. The zero-order valence-electron chi connectivity index (χ0n) is 12.2. The topological polar surface area (TPSA) is 38.3 Å². The van der Waals surface area contributed by atoms with Crippen LogP contribution in [0.15, 0.2) is 42.5 Å². The van der Waals surface area contributed by atoms with Crippen molar-refractivity contribution in [3.63, 3.8) is 0 Å². The highest BCUT2D eigenvalue weighted by atomic mass is 35.5. The minimum absolute atomic E-state index is 0.261. The van der Waals surface area contributed by atoms with Gasteiger partial charge in [0.25, 0.3) is 5.91 Å². The Balaban J connectivity index is 1.86. The van der Waals surface area contributed by atoms with Gasteiger partial charge in [0.05, 0.1) is 7.11 Å². The van der Waals surface area contributed by atoms with Gasteiger partial charge in [0.2, 0.25) is 0 Å². The lowest BCUT2D eigenvalue weighted by Gasteiger charge is -2.06. The number of benzene rings is 2. The van der Waals surface area contributed by atoms with E-state index in [2.05, 4.69) is 5.32 Å². The van der Waals surface area contributed by atoms with Gasteiger partial charge in [-0.1, -0.05) is 23.7 Å². The number of carbonyl (C=O) groups excluding carboxylic acids is 1. The molecule has 0 atom stereocenters. The van der Waals surface area contributed by atoms with Gasteiger partial charge in [-0.2, -0.15) is 0 Å². The summed E-state index contributed by atoms with van der Waals surface area (Å²) in [7, 11) is 1.47. The maximum absolute atomic E-state index is 13.4. The van der Waals surface area contributed by atoms with Gasteiger partial charge in [-0.25, -0.2) is 4.39 Å². The van der Waals surface area contributed by atoms with Gasteiger partial charge >= 0.3 is 0 Å². The second-order valence-corrected chi connectivity index (χ2v) is 6.41. The van der Waals surface area contributed by atoms with Crippen molar-refractivity contribution in [2.75, 3.05) is 7.11 Å². The third-order valence-electron chi connectivity index (χ3n) is 3.36. The summed E-state index contributed by atoms with van der Waals surface area (Å²) in [5.74, 6) is -0.226. The molecular weight excluding hydrogens is 337 g/mol. The number of hydrogen-bond acceptors (Lipinski definition) is 3. The van der Waals surface area contributed by atoms with E-state index in [9.17, 15) is 9.18 Å². The van der Waals surface area contributed by atoms with Crippen LogP contribution in [-0.2, 0) is 6.54 Å². The van der Waals surface area contributed by atoms with Gasteiger partial charge in [0, 0.05) is 21.7 Å². The number of methoxy groups -OCH3 is 1. The van der Waals surface area contributed by atoms with Gasteiger partial charge in [0.15, 0.2) is 0 Å². The lowest BCUT2D eigenvalue weighted by molar-refractivity contribution is 0.0952. The first-order chi connectivity index (χ1) is 11.1. The van der Waals surface area contributed by atoms with Gasteiger partial charge in [-0.3, -0.25) is 4.79 Å². The minimum Gasteiger partial charge on any atom is -0.494 e. The SMILES string of the molecule is COc1c(C(=O)NCc2cccc(Cl)c2)sc2ccc(F)cc12. The lowest BCUT2D eigenvalue weighted by atomic mass is 10.2. The quantitative estimate of drug-likeness (QED) is 0.745. The van der Waals surface area contributed by atoms with Crippen molar-refractivity contribution in [1.29, 1.82) is 0 Å². The van der Waals surface area contributed by atoms with Crippen molar-refractivity contribution in [1.82, 2.24) is 5.32 Å². The van der Waals surface area contributed by atoms with E-state index in [1.54, 1.807) is 18.2 Å². The summed E-state index contributed by atoms with van der Waals surface area (Å²) >= 11 is 7.20. The third-order valence-corrected chi connectivity index (χ3v) is 4.74. The van der Waals surface area contributed by atoms with Crippen molar-refractivity contribution < 1.29 is 13.9 Å². The molecule has 1 amide bonds. The molecule has 3 rings (SSSR count). The molecule has 0 aliphatic heterocycles. The molecular formula is C17H13ClFNO2S. The molecule has 3 aromatic rings. The van der Waals surface area contributed by atoms with Crippen LogP contribution in [0.1, 0.15) is 15.2 Å². The van der Waals surface area contributed by atoms with Crippen LogP contribution in [0.2, 0.25) is 5.02 Å². The maximum Gasteiger partial charge on any atom is 0.265 e. The molecule has 0 fully saturated rings. The number of nitrogens with one attached hydrogen (secondary N) is 1. The molecule has 2 aromatic carbocycles. The van der Waals surface area contributed by atoms with Gasteiger partial charge in [-0.15, -0.1) is 11.3 Å². The summed E-state index contributed by atoms with van der Waals surface area (Å²) < 4.78 is 19.5. The summed E-state index contributed by atoms with van der Waals surface area (Å²) in [5.41, 5.74) is 0.900. The average Bonchev–Trinajstić information content (AvgIpc) is 2.90. The molecule has 0 aliphatic rings. The highest BCUT2D eigenvalue weighted by Crippen LogP contribution is 2.37. The van der Waals surface area contributed by atoms with Crippen molar-refractivity contribution in [3.8, 4) is 5.75 Å². The Bertz CT molecular complexity index is 878. The Hall–Kier alpha value is -2.11. The summed E-state index contributed by atoms with van der Waals surface area (Å²) in [4.78, 5) is 12.9. The first kappa shape index (κ1) is 15.8. The Morgan fingerprint density at radius 1 is 1.30 bits per heavy atom. The fraction of sp³-hybridized carbons (Fsp3) is 0.118. The van der Waals surface area contributed by atoms with Crippen molar-refractivity contribution in [2.24, 2.45) is 0 Å². The summed E-state index contributed by atoms with van der Waals surface area (Å²) in [6.45, 7) is 0.352. The van der Waals surface area contributed by atoms with Crippen LogP contribution >= 0.6 is 22.9 Å². The molecule has 1 aromatic heterocycles. The lowest BCUT2D eigenvalue weighted by Crippen LogP contribution is -2.22. The molecule has 0 saturated carbocycles. The van der Waals surface area contributed by atoms with Crippen LogP contribution in [-0.4, -0.2) is 13.0 Å². The molecule has 3 nitrogen and oxygen atoms in total. The van der Waals surface area contributed by atoms with E-state index in [-0.39, 0.29) is 11.7 Å². The van der Waals surface area contributed by atoms with Crippen LogP contribution in [0.25, 0.3) is 10.1 Å². The summed E-state index contributed by atoms with van der Waals surface area (Å²) in [6.07, 6.45) is 0. The van der Waals surface area contributed by atoms with Crippen LogP contribution in [0, 0.1) is 5.82 Å². The van der Waals surface area contributed by atoms with Crippen LogP contribution < -0.4 is 10.1 Å². The van der Waals surface area contributed by atoms with Gasteiger partial charge < -0.3 is 10.1 Å². The molecule has 1 N–H and O–H groups in total. The Kier molecular flexibility index (Phi) is 4.50. The van der Waals surface area contributed by atoms with Gasteiger partial charge in [0.1, 0.15) is 16.4 Å². The van der Waals surface area contributed by atoms with E-state index < -0.39 is 0 Å². The van der Waals surface area contributed by atoms with Gasteiger partial charge in [-0.05, 0) is 35.9 Å². The zero-order chi connectivity index (χ0) is 16.4. The summed E-state index contributed by atoms with van der Waals surface area (Å²) in [5, 5.41) is 4.05. The second kappa shape index (κ2) is 6.56. The largest absolute Gasteiger partial charge is 0.494 e. The van der Waals surface area contributed by atoms with E-state index in [0.29, 0.717) is 27.6 Å². The van der Waals surface area contributed by atoms with Crippen molar-refractivity contribution in [3.05, 3.63) is 63.7 Å². The molecule has 0 radical (unpaired) electrons. The number of rotatable bonds is 4. The fourth-order valence-corrected chi connectivity index (χ4v) is 3.59. The molecule has 118 valence electrons. The molecule has 0 saturated heterocycles. The standard InChI is InChI=1S/C17H13ClFNO2S/c1-22-15-13-8-12(19)5-6-14(13)23-16(15)17(21)20-9-10-3-2-4-11(18)7-10/h2-8H,9H2,1H3,(H,20,21). The molecule has 0 spiro atoms. The van der Waals surface area contributed by atoms with Crippen LogP contribution in [0.3, 0.4) is 0 Å². The Morgan fingerprint density at radius 3 is 2.87 bits per heavy atom. The number of thiophene rings is 1. The van der Waals surface area contributed by atoms with E-state index >= 15 is 0 Å².